The lowest BCUT2D eigenvalue weighted by atomic mass is 9.98. The molecule has 0 saturated carbocycles. The van der Waals surface area contributed by atoms with E-state index in [4.69, 9.17) is 9.47 Å². The molecule has 7 nitrogen and oxygen atoms in total. The van der Waals surface area contributed by atoms with Gasteiger partial charge >= 0.3 is 6.03 Å². The van der Waals surface area contributed by atoms with Gasteiger partial charge in [0.2, 0.25) is 6.79 Å². The summed E-state index contributed by atoms with van der Waals surface area (Å²) in [5.74, 6) is 0.878. The van der Waals surface area contributed by atoms with E-state index in [9.17, 15) is 14.7 Å². The van der Waals surface area contributed by atoms with Gasteiger partial charge in [-0.1, -0.05) is 30.3 Å². The lowest BCUT2D eigenvalue weighted by Gasteiger charge is -2.16. The standard InChI is InChI=1S/C17H14N2O5/c20-15(14-16(21)19-17(22)18-14)10-3-1-9(2-4-10)11-5-6-12-13(7-11)24-8-23-12/h1-7,14-15,20H,8H2,(H2,18,19,21,22). The van der Waals surface area contributed by atoms with Crippen LogP contribution in [0.4, 0.5) is 4.79 Å². The zero-order chi connectivity index (χ0) is 16.7. The van der Waals surface area contributed by atoms with Crippen molar-refractivity contribution < 1.29 is 24.2 Å². The maximum absolute atomic E-state index is 11.6. The molecule has 0 aromatic heterocycles. The van der Waals surface area contributed by atoms with Gasteiger partial charge in [-0.15, -0.1) is 0 Å². The van der Waals surface area contributed by atoms with Gasteiger partial charge in [0.15, 0.2) is 11.5 Å². The van der Waals surface area contributed by atoms with Crippen molar-refractivity contribution in [2.24, 2.45) is 0 Å². The number of benzene rings is 2. The molecular weight excluding hydrogens is 312 g/mol. The topological polar surface area (TPSA) is 96.9 Å². The predicted molar refractivity (Wildman–Crippen MR) is 83.4 cm³/mol. The summed E-state index contributed by atoms with van der Waals surface area (Å²) in [4.78, 5) is 22.8. The van der Waals surface area contributed by atoms with Crippen LogP contribution in [0.15, 0.2) is 42.5 Å². The third kappa shape index (κ3) is 2.44. The van der Waals surface area contributed by atoms with Crippen LogP contribution in [0.1, 0.15) is 11.7 Å². The summed E-state index contributed by atoms with van der Waals surface area (Å²) in [6.07, 6.45) is -1.11. The Bertz CT molecular complexity index is 818. The van der Waals surface area contributed by atoms with E-state index in [0.717, 1.165) is 11.1 Å². The third-order valence-corrected chi connectivity index (χ3v) is 4.08. The first-order valence-electron chi connectivity index (χ1n) is 7.41. The number of amides is 3. The average molecular weight is 326 g/mol. The highest BCUT2D eigenvalue weighted by Crippen LogP contribution is 2.36. The number of rotatable bonds is 3. The lowest BCUT2D eigenvalue weighted by molar-refractivity contribution is -0.122. The first-order chi connectivity index (χ1) is 11.6. The molecule has 2 aromatic rings. The Morgan fingerprint density at radius 2 is 1.71 bits per heavy atom. The van der Waals surface area contributed by atoms with Crippen LogP contribution < -0.4 is 20.1 Å². The number of urea groups is 1. The highest BCUT2D eigenvalue weighted by molar-refractivity contribution is 6.04. The molecule has 0 bridgehead atoms. The third-order valence-electron chi connectivity index (χ3n) is 4.08. The molecule has 4 rings (SSSR count). The van der Waals surface area contributed by atoms with Crippen molar-refractivity contribution in [3.8, 4) is 22.6 Å². The number of carbonyl (C=O) groups is 2. The highest BCUT2D eigenvalue weighted by atomic mass is 16.7. The molecule has 1 saturated heterocycles. The number of hydrogen-bond acceptors (Lipinski definition) is 5. The minimum absolute atomic E-state index is 0.221. The minimum atomic E-state index is -1.11. The van der Waals surface area contributed by atoms with Crippen LogP contribution in [0.3, 0.4) is 0 Å². The molecule has 1 fully saturated rings. The van der Waals surface area contributed by atoms with Crippen molar-refractivity contribution in [2.45, 2.75) is 12.1 Å². The van der Waals surface area contributed by atoms with Gasteiger partial charge in [0.25, 0.3) is 5.91 Å². The summed E-state index contributed by atoms with van der Waals surface area (Å²) >= 11 is 0. The maximum Gasteiger partial charge on any atom is 0.322 e. The van der Waals surface area contributed by atoms with Crippen molar-refractivity contribution in [3.05, 3.63) is 48.0 Å². The van der Waals surface area contributed by atoms with Crippen LogP contribution in [0.2, 0.25) is 0 Å². The Morgan fingerprint density at radius 3 is 2.42 bits per heavy atom. The average Bonchev–Trinajstić information content (AvgIpc) is 3.19. The molecule has 2 heterocycles. The van der Waals surface area contributed by atoms with Crippen molar-refractivity contribution in [1.29, 1.82) is 0 Å². The summed E-state index contributed by atoms with van der Waals surface area (Å²) in [6, 6.07) is 11.2. The second kappa shape index (κ2) is 5.54. The zero-order valence-corrected chi connectivity index (χ0v) is 12.5. The Labute approximate surface area is 137 Å². The minimum Gasteiger partial charge on any atom is -0.454 e. The molecule has 0 aliphatic carbocycles. The number of ether oxygens (including phenoxy) is 2. The Hall–Kier alpha value is -3.06. The van der Waals surface area contributed by atoms with Crippen molar-refractivity contribution in [1.82, 2.24) is 10.6 Å². The predicted octanol–water partition coefficient (Wildman–Crippen LogP) is 1.32. The molecule has 122 valence electrons. The van der Waals surface area contributed by atoms with E-state index in [0.29, 0.717) is 17.1 Å². The molecule has 2 atom stereocenters. The molecule has 7 heteroatoms. The quantitative estimate of drug-likeness (QED) is 0.739. The monoisotopic (exact) mass is 326 g/mol. The van der Waals surface area contributed by atoms with Gasteiger partial charge in [0.1, 0.15) is 12.1 Å². The van der Waals surface area contributed by atoms with E-state index in [1.807, 2.05) is 30.3 Å². The fourth-order valence-corrected chi connectivity index (χ4v) is 2.80. The molecule has 0 radical (unpaired) electrons. The number of imide groups is 1. The van der Waals surface area contributed by atoms with Gasteiger partial charge in [0, 0.05) is 0 Å². The molecule has 2 aromatic carbocycles. The molecule has 0 spiro atoms. The number of carbonyl (C=O) groups excluding carboxylic acids is 2. The van der Waals surface area contributed by atoms with Gasteiger partial charge in [-0.25, -0.2) is 4.79 Å². The molecule has 3 N–H and O–H groups in total. The summed E-state index contributed by atoms with van der Waals surface area (Å²) in [5, 5.41) is 14.8. The zero-order valence-electron chi connectivity index (χ0n) is 12.5. The smallest absolute Gasteiger partial charge is 0.322 e. The van der Waals surface area contributed by atoms with Gasteiger partial charge in [-0.3, -0.25) is 10.1 Å². The molecule has 2 aliphatic heterocycles. The SMILES string of the molecule is O=C1NC(=O)C(C(O)c2ccc(-c3ccc4c(c3)OCO4)cc2)N1. The second-order valence-electron chi connectivity index (χ2n) is 5.58. The molecular formula is C17H14N2O5. The van der Waals surface area contributed by atoms with Crippen LogP contribution in [0.25, 0.3) is 11.1 Å². The molecule has 2 aliphatic rings. The molecule has 24 heavy (non-hydrogen) atoms. The van der Waals surface area contributed by atoms with Crippen LogP contribution in [0, 0.1) is 0 Å². The number of hydrogen-bond donors (Lipinski definition) is 3. The first-order valence-corrected chi connectivity index (χ1v) is 7.41. The molecule has 3 amide bonds. The van der Waals surface area contributed by atoms with Gasteiger partial charge < -0.3 is 19.9 Å². The van der Waals surface area contributed by atoms with Gasteiger partial charge in [-0.05, 0) is 28.8 Å². The second-order valence-corrected chi connectivity index (χ2v) is 5.58. The van der Waals surface area contributed by atoms with E-state index >= 15 is 0 Å². The Balaban J connectivity index is 1.56. The van der Waals surface area contributed by atoms with Crippen LogP contribution in [-0.2, 0) is 4.79 Å². The van der Waals surface area contributed by atoms with E-state index in [1.165, 1.54) is 0 Å². The Morgan fingerprint density at radius 1 is 1.00 bits per heavy atom. The van der Waals surface area contributed by atoms with E-state index in [1.54, 1.807) is 12.1 Å². The Kier molecular flexibility index (Phi) is 3.35. The normalized spacial score (nSPS) is 19.8. The number of aliphatic hydroxyl groups excluding tert-OH is 1. The van der Waals surface area contributed by atoms with E-state index in [2.05, 4.69) is 10.6 Å². The van der Waals surface area contributed by atoms with Crippen molar-refractivity contribution in [3.63, 3.8) is 0 Å². The summed E-state index contributed by atoms with van der Waals surface area (Å²) in [7, 11) is 0. The highest BCUT2D eigenvalue weighted by Gasteiger charge is 2.36. The summed E-state index contributed by atoms with van der Waals surface area (Å²) in [5.41, 5.74) is 2.43. The van der Waals surface area contributed by atoms with Gasteiger partial charge in [-0.2, -0.15) is 0 Å². The van der Waals surface area contributed by atoms with E-state index in [-0.39, 0.29) is 6.79 Å². The number of nitrogens with one attached hydrogen (secondary N) is 2. The summed E-state index contributed by atoms with van der Waals surface area (Å²) < 4.78 is 10.7. The fraction of sp³-hybridized carbons (Fsp3) is 0.176. The summed E-state index contributed by atoms with van der Waals surface area (Å²) in [6.45, 7) is 0.221. The van der Waals surface area contributed by atoms with Crippen LogP contribution in [0.5, 0.6) is 11.5 Å². The molecule has 2 unspecified atom stereocenters. The van der Waals surface area contributed by atoms with Crippen LogP contribution >= 0.6 is 0 Å². The van der Waals surface area contributed by atoms with Gasteiger partial charge in [0.05, 0.1) is 0 Å². The fourth-order valence-electron chi connectivity index (χ4n) is 2.80. The number of fused-ring (bicyclic) bond motifs is 1. The largest absolute Gasteiger partial charge is 0.454 e. The van der Waals surface area contributed by atoms with Crippen LogP contribution in [-0.4, -0.2) is 29.9 Å². The maximum atomic E-state index is 11.6. The van der Waals surface area contributed by atoms with E-state index < -0.39 is 24.1 Å². The van der Waals surface area contributed by atoms with Crippen molar-refractivity contribution >= 4 is 11.9 Å². The van der Waals surface area contributed by atoms with Crippen molar-refractivity contribution in [2.75, 3.05) is 6.79 Å². The first kappa shape index (κ1) is 14.5. The lowest BCUT2D eigenvalue weighted by Crippen LogP contribution is -2.35. The number of aliphatic hydroxyl groups is 1.